The number of anilines is 2. The smallest absolute Gasteiger partial charge is 0.284 e. The lowest BCUT2D eigenvalue weighted by Crippen LogP contribution is -2.27. The summed E-state index contributed by atoms with van der Waals surface area (Å²) < 4.78 is 31.4. The number of alkyl halides is 2. The summed E-state index contributed by atoms with van der Waals surface area (Å²) in [6.45, 7) is 0.869. The molecule has 3 aromatic rings. The van der Waals surface area contributed by atoms with Crippen molar-refractivity contribution in [1.29, 1.82) is 0 Å². The van der Waals surface area contributed by atoms with E-state index in [-0.39, 0.29) is 17.3 Å². The van der Waals surface area contributed by atoms with Crippen molar-refractivity contribution in [3.63, 3.8) is 0 Å². The van der Waals surface area contributed by atoms with Crippen LogP contribution in [-0.4, -0.2) is 39.7 Å². The molecule has 4 rings (SSSR count). The van der Waals surface area contributed by atoms with Gasteiger partial charge in [-0.1, -0.05) is 0 Å². The summed E-state index contributed by atoms with van der Waals surface area (Å²) in [5, 5.41) is 9.09. The summed E-state index contributed by atoms with van der Waals surface area (Å²) in [6.07, 6.45) is 3.73. The molecule has 10 heteroatoms. The summed E-state index contributed by atoms with van der Waals surface area (Å²) in [7, 11) is 1.37. The highest BCUT2D eigenvalue weighted by Crippen LogP contribution is 2.30. The van der Waals surface area contributed by atoms with Crippen LogP contribution in [0.1, 0.15) is 35.4 Å². The fourth-order valence-electron chi connectivity index (χ4n) is 2.74. The van der Waals surface area contributed by atoms with Gasteiger partial charge in [-0.05, 0) is 30.9 Å². The van der Waals surface area contributed by atoms with Crippen molar-refractivity contribution in [3.8, 4) is 11.5 Å². The number of aromatic nitrogens is 4. The van der Waals surface area contributed by atoms with Crippen LogP contribution in [0.4, 0.5) is 20.3 Å². The van der Waals surface area contributed by atoms with Gasteiger partial charge in [-0.2, -0.15) is 5.10 Å². The van der Waals surface area contributed by atoms with Crippen molar-refractivity contribution < 1.29 is 18.0 Å². The molecule has 0 unspecified atom stereocenters. The Bertz CT molecular complexity index is 982. The molecule has 3 aromatic heterocycles. The SMILES string of the molecule is CN(C(=O)c1coc(-c2ccnc(NCC3CC3)c2)n1)c1c[nH]nc1C(F)F. The van der Waals surface area contributed by atoms with E-state index in [4.69, 9.17) is 4.42 Å². The molecule has 28 heavy (non-hydrogen) atoms. The number of oxazole rings is 1. The van der Waals surface area contributed by atoms with Gasteiger partial charge in [-0.25, -0.2) is 18.7 Å². The third-order valence-corrected chi connectivity index (χ3v) is 4.52. The number of pyridine rings is 1. The fourth-order valence-corrected chi connectivity index (χ4v) is 2.74. The number of aromatic amines is 1. The first-order chi connectivity index (χ1) is 13.5. The highest BCUT2D eigenvalue weighted by Gasteiger charge is 2.25. The maximum absolute atomic E-state index is 13.0. The summed E-state index contributed by atoms with van der Waals surface area (Å²) in [5.74, 6) is 1.06. The molecule has 1 aliphatic carbocycles. The van der Waals surface area contributed by atoms with Crippen LogP contribution < -0.4 is 10.2 Å². The van der Waals surface area contributed by atoms with Crippen molar-refractivity contribution in [2.24, 2.45) is 5.92 Å². The first kappa shape index (κ1) is 18.1. The molecule has 0 aliphatic heterocycles. The average molecular weight is 388 g/mol. The Kier molecular flexibility index (Phi) is 4.76. The molecule has 146 valence electrons. The predicted molar refractivity (Wildman–Crippen MR) is 97.2 cm³/mol. The van der Waals surface area contributed by atoms with Crippen molar-refractivity contribution in [2.45, 2.75) is 19.3 Å². The van der Waals surface area contributed by atoms with Crippen molar-refractivity contribution in [1.82, 2.24) is 20.2 Å². The van der Waals surface area contributed by atoms with E-state index >= 15 is 0 Å². The van der Waals surface area contributed by atoms with Crippen LogP contribution in [0.2, 0.25) is 0 Å². The molecular weight excluding hydrogens is 370 g/mol. The second-order valence-corrected chi connectivity index (χ2v) is 6.61. The van der Waals surface area contributed by atoms with E-state index in [1.54, 1.807) is 18.3 Å². The lowest BCUT2D eigenvalue weighted by atomic mass is 10.2. The Labute approximate surface area is 159 Å². The number of amides is 1. The Hall–Kier alpha value is -3.30. The number of rotatable bonds is 7. The first-order valence-corrected chi connectivity index (χ1v) is 8.78. The Morgan fingerprint density at radius 3 is 3.04 bits per heavy atom. The quantitative estimate of drug-likeness (QED) is 0.643. The molecule has 0 saturated heterocycles. The van der Waals surface area contributed by atoms with Crippen LogP contribution in [0.15, 0.2) is 35.2 Å². The van der Waals surface area contributed by atoms with E-state index < -0.39 is 18.0 Å². The van der Waals surface area contributed by atoms with Crippen LogP contribution >= 0.6 is 0 Å². The van der Waals surface area contributed by atoms with E-state index in [0.717, 1.165) is 11.4 Å². The number of hydrogen-bond donors (Lipinski definition) is 2. The molecule has 0 aromatic carbocycles. The van der Waals surface area contributed by atoms with Gasteiger partial charge in [0.1, 0.15) is 12.1 Å². The zero-order chi connectivity index (χ0) is 19.7. The number of carbonyl (C=O) groups excluding carboxylic acids is 1. The predicted octanol–water partition coefficient (Wildman–Crippen LogP) is 3.50. The second kappa shape index (κ2) is 7.37. The van der Waals surface area contributed by atoms with E-state index in [0.29, 0.717) is 17.3 Å². The fraction of sp³-hybridized carbons (Fsp3) is 0.333. The Morgan fingerprint density at radius 2 is 2.29 bits per heavy atom. The molecule has 1 fully saturated rings. The largest absolute Gasteiger partial charge is 0.444 e. The maximum atomic E-state index is 13.0. The van der Waals surface area contributed by atoms with Gasteiger partial charge in [0.25, 0.3) is 12.3 Å². The third kappa shape index (κ3) is 3.71. The van der Waals surface area contributed by atoms with Crippen molar-refractivity contribution in [2.75, 3.05) is 23.8 Å². The standard InChI is InChI=1S/C18H18F2N6O2/c1-26(13-8-23-25-15(13)16(19)20)18(27)12-9-28-17(24-12)11-4-5-21-14(6-11)22-7-10-2-3-10/h4-6,8-10,16H,2-3,7H2,1H3,(H,21,22)(H,23,25). The van der Waals surface area contributed by atoms with Crippen LogP contribution in [0.5, 0.6) is 0 Å². The normalized spacial score (nSPS) is 13.7. The van der Waals surface area contributed by atoms with E-state index in [2.05, 4.69) is 25.5 Å². The van der Waals surface area contributed by atoms with Crippen LogP contribution in [0.3, 0.4) is 0 Å². The van der Waals surface area contributed by atoms with Gasteiger partial charge in [0, 0.05) is 31.5 Å². The van der Waals surface area contributed by atoms with E-state index in [9.17, 15) is 13.6 Å². The summed E-state index contributed by atoms with van der Waals surface area (Å²) in [6, 6.07) is 3.51. The van der Waals surface area contributed by atoms with E-state index in [1.807, 2.05) is 0 Å². The number of H-pyrrole nitrogens is 1. The van der Waals surface area contributed by atoms with Gasteiger partial charge in [0.2, 0.25) is 5.89 Å². The zero-order valence-electron chi connectivity index (χ0n) is 15.0. The zero-order valence-corrected chi connectivity index (χ0v) is 15.0. The average Bonchev–Trinajstić information content (AvgIpc) is 3.19. The molecular formula is C18H18F2N6O2. The van der Waals surface area contributed by atoms with Crippen LogP contribution in [0.25, 0.3) is 11.5 Å². The van der Waals surface area contributed by atoms with Crippen LogP contribution in [0, 0.1) is 5.92 Å². The second-order valence-electron chi connectivity index (χ2n) is 6.61. The lowest BCUT2D eigenvalue weighted by molar-refractivity contribution is 0.0986. The lowest BCUT2D eigenvalue weighted by Gasteiger charge is -2.14. The highest BCUT2D eigenvalue weighted by molar-refractivity contribution is 6.04. The molecule has 2 N–H and O–H groups in total. The number of nitrogens with one attached hydrogen (secondary N) is 2. The Morgan fingerprint density at radius 1 is 1.46 bits per heavy atom. The molecule has 8 nitrogen and oxygen atoms in total. The minimum absolute atomic E-state index is 0.00298. The van der Waals surface area contributed by atoms with E-state index in [1.165, 1.54) is 32.3 Å². The third-order valence-electron chi connectivity index (χ3n) is 4.52. The molecule has 0 radical (unpaired) electrons. The van der Waals surface area contributed by atoms with Crippen molar-refractivity contribution >= 4 is 17.4 Å². The number of hydrogen-bond acceptors (Lipinski definition) is 6. The first-order valence-electron chi connectivity index (χ1n) is 8.78. The van der Waals surface area contributed by atoms with Gasteiger partial charge in [-0.3, -0.25) is 9.89 Å². The monoisotopic (exact) mass is 388 g/mol. The number of nitrogens with zero attached hydrogens (tertiary/aromatic N) is 4. The Balaban J connectivity index is 1.51. The summed E-state index contributed by atoms with van der Waals surface area (Å²) >= 11 is 0. The van der Waals surface area contributed by atoms with Gasteiger partial charge in [-0.15, -0.1) is 0 Å². The topological polar surface area (TPSA) is 99.9 Å². The molecule has 1 amide bonds. The van der Waals surface area contributed by atoms with Gasteiger partial charge < -0.3 is 14.6 Å². The molecule has 1 aliphatic rings. The summed E-state index contributed by atoms with van der Waals surface area (Å²) in [5.41, 5.74) is 0.148. The molecule has 3 heterocycles. The van der Waals surface area contributed by atoms with Crippen molar-refractivity contribution in [3.05, 3.63) is 42.2 Å². The highest BCUT2D eigenvalue weighted by atomic mass is 19.3. The van der Waals surface area contributed by atoms with Gasteiger partial charge >= 0.3 is 0 Å². The maximum Gasteiger partial charge on any atom is 0.284 e. The molecule has 0 atom stereocenters. The molecule has 1 saturated carbocycles. The molecule has 0 spiro atoms. The minimum Gasteiger partial charge on any atom is -0.444 e. The summed E-state index contributed by atoms with van der Waals surface area (Å²) in [4.78, 5) is 22.1. The minimum atomic E-state index is -2.80. The number of carbonyl (C=O) groups is 1. The number of halogens is 2. The van der Waals surface area contributed by atoms with Gasteiger partial charge in [0.15, 0.2) is 11.4 Å². The molecule has 0 bridgehead atoms. The van der Waals surface area contributed by atoms with Crippen LogP contribution in [-0.2, 0) is 0 Å². The van der Waals surface area contributed by atoms with Gasteiger partial charge in [0.05, 0.1) is 5.69 Å².